The minimum Gasteiger partial charge on any atom is -0.466 e. The summed E-state index contributed by atoms with van der Waals surface area (Å²) in [6, 6.07) is 4.30. The van der Waals surface area contributed by atoms with Gasteiger partial charge in [-0.25, -0.2) is 4.98 Å². The van der Waals surface area contributed by atoms with Crippen molar-refractivity contribution in [2.75, 3.05) is 0 Å². The quantitative estimate of drug-likeness (QED) is 0.923. The van der Waals surface area contributed by atoms with Crippen LogP contribution in [0.1, 0.15) is 49.4 Å². The first-order valence-electron chi connectivity index (χ1n) is 8.57. The summed E-state index contributed by atoms with van der Waals surface area (Å²) in [5.74, 6) is 4.59. The first-order valence-corrected chi connectivity index (χ1v) is 8.57. The molecule has 3 heterocycles. The lowest BCUT2D eigenvalue weighted by Crippen LogP contribution is -2.40. The molecule has 0 unspecified atom stereocenters. The molecular formula is C18H23N3O2. The first-order chi connectivity index (χ1) is 11.2. The molecule has 2 aliphatic rings. The second-order valence-corrected chi connectivity index (χ2v) is 6.92. The number of hydrogen-bond acceptors (Lipinski definition) is 3. The maximum absolute atomic E-state index is 12.2. The van der Waals surface area contributed by atoms with E-state index in [1.54, 1.807) is 0 Å². The van der Waals surface area contributed by atoms with Crippen molar-refractivity contribution < 1.29 is 9.21 Å². The lowest BCUT2D eigenvalue weighted by Gasteiger charge is -2.24. The number of aryl methyl sites for hydroxylation is 2. The van der Waals surface area contributed by atoms with Crippen molar-refractivity contribution >= 4 is 5.91 Å². The Morgan fingerprint density at radius 2 is 2.35 bits per heavy atom. The maximum Gasteiger partial charge on any atom is 0.220 e. The van der Waals surface area contributed by atoms with E-state index in [9.17, 15) is 4.79 Å². The van der Waals surface area contributed by atoms with Crippen LogP contribution in [0.5, 0.6) is 0 Å². The van der Waals surface area contributed by atoms with Gasteiger partial charge in [0.15, 0.2) is 0 Å². The van der Waals surface area contributed by atoms with Gasteiger partial charge in [0, 0.05) is 50.2 Å². The van der Waals surface area contributed by atoms with Gasteiger partial charge in [0.05, 0.1) is 0 Å². The van der Waals surface area contributed by atoms with Crippen LogP contribution < -0.4 is 5.32 Å². The Bertz CT molecular complexity index is 703. The number of nitrogens with zero attached hydrogens (tertiary/aromatic N) is 2. The average molecular weight is 313 g/mol. The highest BCUT2D eigenvalue weighted by Gasteiger charge is 2.36. The van der Waals surface area contributed by atoms with Gasteiger partial charge in [-0.05, 0) is 30.9 Å². The fourth-order valence-electron chi connectivity index (χ4n) is 3.47. The highest BCUT2D eigenvalue weighted by molar-refractivity contribution is 5.76. The highest BCUT2D eigenvalue weighted by Crippen LogP contribution is 2.47. The maximum atomic E-state index is 12.2. The number of rotatable bonds is 5. The number of furan rings is 1. The molecule has 0 aromatic carbocycles. The number of carbonyl (C=O) groups excluding carboxylic acids is 1. The highest BCUT2D eigenvalue weighted by atomic mass is 16.3. The van der Waals surface area contributed by atoms with Gasteiger partial charge in [-0.1, -0.05) is 6.92 Å². The monoisotopic (exact) mass is 313 g/mol. The number of carbonyl (C=O) groups is 1. The topological polar surface area (TPSA) is 60.1 Å². The summed E-state index contributed by atoms with van der Waals surface area (Å²) in [4.78, 5) is 16.5. The zero-order valence-corrected chi connectivity index (χ0v) is 13.5. The lowest BCUT2D eigenvalue weighted by atomic mass is 10.1. The van der Waals surface area contributed by atoms with Gasteiger partial charge in [-0.3, -0.25) is 4.79 Å². The molecule has 2 aromatic rings. The molecule has 1 fully saturated rings. The van der Waals surface area contributed by atoms with Crippen LogP contribution in [-0.2, 0) is 24.2 Å². The summed E-state index contributed by atoms with van der Waals surface area (Å²) in [5, 5.41) is 3.14. The summed E-state index contributed by atoms with van der Waals surface area (Å²) in [6.45, 7) is 3.07. The lowest BCUT2D eigenvalue weighted by molar-refractivity contribution is -0.122. The summed E-state index contributed by atoms with van der Waals surface area (Å²) >= 11 is 0. The third kappa shape index (κ3) is 3.19. The molecule has 0 bridgehead atoms. The zero-order valence-electron chi connectivity index (χ0n) is 13.5. The third-order valence-corrected chi connectivity index (χ3v) is 5.06. The van der Waals surface area contributed by atoms with E-state index < -0.39 is 0 Å². The van der Waals surface area contributed by atoms with Gasteiger partial charge >= 0.3 is 0 Å². The van der Waals surface area contributed by atoms with Crippen molar-refractivity contribution in [2.24, 2.45) is 5.92 Å². The number of amides is 1. The van der Waals surface area contributed by atoms with Crippen molar-refractivity contribution in [3.8, 4) is 0 Å². The van der Waals surface area contributed by atoms with Crippen molar-refractivity contribution in [2.45, 2.75) is 57.5 Å². The average Bonchev–Trinajstić information content (AvgIpc) is 2.95. The minimum absolute atomic E-state index is 0.108. The van der Waals surface area contributed by atoms with E-state index >= 15 is 0 Å². The summed E-state index contributed by atoms with van der Waals surface area (Å²) in [7, 11) is 0. The second-order valence-electron chi connectivity index (χ2n) is 6.92. The molecule has 4 rings (SSSR count). The molecular weight excluding hydrogens is 290 g/mol. The number of fused-ring (bicyclic) bond motifs is 1. The van der Waals surface area contributed by atoms with Crippen LogP contribution in [0.3, 0.4) is 0 Å². The molecule has 0 spiro atoms. The fraction of sp³-hybridized carbons (Fsp3) is 0.556. The Labute approximate surface area is 136 Å². The predicted molar refractivity (Wildman–Crippen MR) is 86.0 cm³/mol. The molecule has 122 valence electrons. The van der Waals surface area contributed by atoms with E-state index in [1.165, 1.54) is 6.42 Å². The minimum atomic E-state index is 0.108. The number of imidazole rings is 1. The molecule has 23 heavy (non-hydrogen) atoms. The van der Waals surface area contributed by atoms with Crippen molar-refractivity contribution in [1.29, 1.82) is 0 Å². The van der Waals surface area contributed by atoms with Crippen LogP contribution >= 0.6 is 0 Å². The van der Waals surface area contributed by atoms with E-state index in [0.717, 1.165) is 42.6 Å². The molecule has 1 aliphatic carbocycles. The fourth-order valence-corrected chi connectivity index (χ4v) is 3.47. The normalized spacial score (nSPS) is 25.9. The summed E-state index contributed by atoms with van der Waals surface area (Å²) in [6.07, 6.45) is 8.10. The SMILES string of the molecule is C[C@@H]1C[C@@H]1c1ccc(CCC(=O)N[C@@H]2CCc3nccn3C2)o1. The molecule has 0 saturated heterocycles. The van der Waals surface area contributed by atoms with E-state index in [0.29, 0.717) is 18.8 Å². The molecule has 5 nitrogen and oxygen atoms in total. The van der Waals surface area contributed by atoms with Gasteiger partial charge in [-0.2, -0.15) is 0 Å². The molecule has 2 aromatic heterocycles. The van der Waals surface area contributed by atoms with Gasteiger partial charge in [0.1, 0.15) is 17.3 Å². The third-order valence-electron chi connectivity index (χ3n) is 5.06. The Morgan fingerprint density at radius 1 is 1.48 bits per heavy atom. The van der Waals surface area contributed by atoms with E-state index in [4.69, 9.17) is 4.42 Å². The molecule has 1 amide bonds. The standard InChI is InChI=1S/C18H23N3O2/c1-12-10-15(12)16-5-3-14(23-16)4-7-18(22)20-13-2-6-17-19-8-9-21(17)11-13/h3,5,8-9,12-13,15H,2,4,6-7,10-11H2,1H3,(H,20,22)/t12-,13-,15+/m1/s1. The van der Waals surface area contributed by atoms with Gasteiger partial charge < -0.3 is 14.3 Å². The van der Waals surface area contributed by atoms with Crippen LogP contribution in [0.25, 0.3) is 0 Å². The number of aromatic nitrogens is 2. The van der Waals surface area contributed by atoms with Crippen LogP contribution in [0.4, 0.5) is 0 Å². The predicted octanol–water partition coefficient (Wildman–Crippen LogP) is 2.66. The van der Waals surface area contributed by atoms with Gasteiger partial charge in [0.25, 0.3) is 0 Å². The van der Waals surface area contributed by atoms with Crippen LogP contribution in [-0.4, -0.2) is 21.5 Å². The van der Waals surface area contributed by atoms with Gasteiger partial charge in [0.2, 0.25) is 5.91 Å². The van der Waals surface area contributed by atoms with E-state index in [-0.39, 0.29) is 11.9 Å². The number of hydrogen-bond donors (Lipinski definition) is 1. The second kappa shape index (κ2) is 5.87. The van der Waals surface area contributed by atoms with Crippen molar-refractivity contribution in [3.05, 3.63) is 41.9 Å². The Kier molecular flexibility index (Phi) is 3.71. The zero-order chi connectivity index (χ0) is 15.8. The molecule has 5 heteroatoms. The van der Waals surface area contributed by atoms with Crippen molar-refractivity contribution in [3.63, 3.8) is 0 Å². The number of nitrogens with one attached hydrogen (secondary N) is 1. The first kappa shape index (κ1) is 14.5. The van der Waals surface area contributed by atoms with Crippen LogP contribution in [0, 0.1) is 5.92 Å². The molecule has 3 atom stereocenters. The molecule has 0 radical (unpaired) electrons. The van der Waals surface area contributed by atoms with Crippen molar-refractivity contribution in [1.82, 2.24) is 14.9 Å². The Balaban J connectivity index is 1.25. The van der Waals surface area contributed by atoms with Crippen LogP contribution in [0.15, 0.2) is 28.9 Å². The Hall–Kier alpha value is -2.04. The molecule has 1 N–H and O–H groups in total. The van der Waals surface area contributed by atoms with Crippen LogP contribution in [0.2, 0.25) is 0 Å². The largest absolute Gasteiger partial charge is 0.466 e. The Morgan fingerprint density at radius 3 is 3.17 bits per heavy atom. The smallest absolute Gasteiger partial charge is 0.220 e. The summed E-state index contributed by atoms with van der Waals surface area (Å²) in [5.41, 5.74) is 0. The summed E-state index contributed by atoms with van der Waals surface area (Å²) < 4.78 is 7.99. The molecule has 1 saturated carbocycles. The van der Waals surface area contributed by atoms with E-state index in [2.05, 4.69) is 27.9 Å². The van der Waals surface area contributed by atoms with Gasteiger partial charge in [-0.15, -0.1) is 0 Å². The van der Waals surface area contributed by atoms with E-state index in [1.807, 2.05) is 18.5 Å². The molecule has 1 aliphatic heterocycles.